The molecule has 2 aromatic rings. The number of esters is 1. The van der Waals surface area contributed by atoms with E-state index in [0.29, 0.717) is 17.7 Å². The van der Waals surface area contributed by atoms with E-state index in [9.17, 15) is 14.4 Å². The van der Waals surface area contributed by atoms with Crippen LogP contribution in [0, 0.1) is 0 Å². The van der Waals surface area contributed by atoms with Crippen molar-refractivity contribution < 1.29 is 19.1 Å². The number of amides is 3. The Morgan fingerprint density at radius 2 is 1.78 bits per heavy atom. The fourth-order valence-electron chi connectivity index (χ4n) is 3.16. The van der Waals surface area contributed by atoms with E-state index in [4.69, 9.17) is 4.74 Å². The highest BCUT2D eigenvalue weighted by Gasteiger charge is 2.27. The van der Waals surface area contributed by atoms with Crippen LogP contribution in [0.4, 0.5) is 4.79 Å². The van der Waals surface area contributed by atoms with Gasteiger partial charge in [0.2, 0.25) is 6.10 Å². The fourth-order valence-corrected chi connectivity index (χ4v) is 3.16. The first-order chi connectivity index (χ1) is 13.1. The van der Waals surface area contributed by atoms with Crippen LogP contribution >= 0.6 is 0 Å². The van der Waals surface area contributed by atoms with Gasteiger partial charge in [-0.15, -0.1) is 0 Å². The SMILES string of the molecule is CCNC(=O)NC(=O)C(OC(=O)c1ccc2c(c1)CCC2)c1ccccc1. The average Bonchev–Trinajstić information content (AvgIpc) is 3.14. The van der Waals surface area contributed by atoms with Gasteiger partial charge >= 0.3 is 12.0 Å². The highest BCUT2D eigenvalue weighted by Crippen LogP contribution is 2.25. The lowest BCUT2D eigenvalue weighted by atomic mass is 10.1. The second kappa shape index (κ2) is 8.49. The van der Waals surface area contributed by atoms with Crippen LogP contribution in [0.5, 0.6) is 0 Å². The molecule has 0 saturated heterocycles. The topological polar surface area (TPSA) is 84.5 Å². The van der Waals surface area contributed by atoms with E-state index in [-0.39, 0.29) is 0 Å². The highest BCUT2D eigenvalue weighted by atomic mass is 16.5. The molecule has 0 radical (unpaired) electrons. The first-order valence-corrected chi connectivity index (χ1v) is 9.05. The Labute approximate surface area is 157 Å². The lowest BCUT2D eigenvalue weighted by molar-refractivity contribution is -0.129. The number of nitrogens with one attached hydrogen (secondary N) is 2. The third kappa shape index (κ3) is 4.53. The number of rotatable bonds is 5. The van der Waals surface area contributed by atoms with Gasteiger partial charge in [-0.25, -0.2) is 9.59 Å². The third-order valence-corrected chi connectivity index (χ3v) is 4.47. The van der Waals surface area contributed by atoms with Crippen LogP contribution in [-0.2, 0) is 22.4 Å². The number of hydrogen-bond acceptors (Lipinski definition) is 4. The molecule has 6 nitrogen and oxygen atoms in total. The summed E-state index contributed by atoms with van der Waals surface area (Å²) in [6.45, 7) is 2.12. The summed E-state index contributed by atoms with van der Waals surface area (Å²) in [5.74, 6) is -1.29. The zero-order chi connectivity index (χ0) is 19.2. The summed E-state index contributed by atoms with van der Waals surface area (Å²) in [7, 11) is 0. The van der Waals surface area contributed by atoms with Gasteiger partial charge in [-0.3, -0.25) is 10.1 Å². The van der Waals surface area contributed by atoms with Crippen molar-refractivity contribution in [1.82, 2.24) is 10.6 Å². The van der Waals surface area contributed by atoms with Crippen LogP contribution in [0.1, 0.15) is 46.5 Å². The summed E-state index contributed by atoms with van der Waals surface area (Å²) in [5, 5.41) is 4.70. The van der Waals surface area contributed by atoms with Crippen molar-refractivity contribution in [3.8, 4) is 0 Å². The standard InChI is InChI=1S/C21H22N2O4/c1-2-22-21(26)23-19(24)18(15-7-4-3-5-8-15)27-20(25)17-12-11-14-9-6-10-16(14)13-17/h3-5,7-8,11-13,18H,2,6,9-10H2,1H3,(H2,22,23,24,26). The Balaban J connectivity index is 1.79. The number of aryl methyl sites for hydroxylation is 2. The molecule has 140 valence electrons. The predicted molar refractivity (Wildman–Crippen MR) is 100 cm³/mol. The van der Waals surface area contributed by atoms with Gasteiger partial charge in [0.05, 0.1) is 5.56 Å². The largest absolute Gasteiger partial charge is 0.444 e. The number of ether oxygens (including phenoxy) is 1. The number of hydrogen-bond donors (Lipinski definition) is 2. The Hall–Kier alpha value is -3.15. The van der Waals surface area contributed by atoms with Crippen LogP contribution in [0.3, 0.4) is 0 Å². The molecule has 0 saturated carbocycles. The van der Waals surface area contributed by atoms with Crippen LogP contribution in [0.15, 0.2) is 48.5 Å². The molecular weight excluding hydrogens is 344 g/mol. The van der Waals surface area contributed by atoms with Crippen molar-refractivity contribution in [2.24, 2.45) is 0 Å². The molecule has 0 aromatic heterocycles. The summed E-state index contributed by atoms with van der Waals surface area (Å²) in [5.41, 5.74) is 3.30. The molecule has 0 spiro atoms. The monoisotopic (exact) mass is 366 g/mol. The molecule has 1 atom stereocenters. The summed E-state index contributed by atoms with van der Waals surface area (Å²) >= 11 is 0. The van der Waals surface area contributed by atoms with Crippen molar-refractivity contribution in [3.05, 3.63) is 70.8 Å². The quantitative estimate of drug-likeness (QED) is 0.797. The Morgan fingerprint density at radius 3 is 2.52 bits per heavy atom. The van der Waals surface area contributed by atoms with E-state index in [1.54, 1.807) is 43.3 Å². The minimum absolute atomic E-state index is 0.379. The fraction of sp³-hybridized carbons (Fsp3) is 0.286. The summed E-state index contributed by atoms with van der Waals surface area (Å²) in [6, 6.07) is 13.5. The highest BCUT2D eigenvalue weighted by molar-refractivity contribution is 5.99. The van der Waals surface area contributed by atoms with Crippen molar-refractivity contribution in [1.29, 1.82) is 0 Å². The average molecular weight is 366 g/mol. The van der Waals surface area contributed by atoms with Gasteiger partial charge in [0, 0.05) is 12.1 Å². The molecule has 1 aliphatic rings. The molecule has 3 rings (SSSR count). The maximum Gasteiger partial charge on any atom is 0.339 e. The molecule has 27 heavy (non-hydrogen) atoms. The first kappa shape index (κ1) is 18.6. The molecule has 0 heterocycles. The summed E-state index contributed by atoms with van der Waals surface area (Å²) < 4.78 is 5.49. The molecule has 2 aromatic carbocycles. The molecule has 1 aliphatic carbocycles. The van der Waals surface area contributed by atoms with E-state index in [0.717, 1.165) is 24.8 Å². The van der Waals surface area contributed by atoms with Crippen molar-refractivity contribution in [3.63, 3.8) is 0 Å². The Bertz CT molecular complexity index is 849. The summed E-state index contributed by atoms with van der Waals surface area (Å²) in [4.78, 5) is 36.9. The molecule has 1 unspecified atom stereocenters. The van der Waals surface area contributed by atoms with Gasteiger partial charge in [0.25, 0.3) is 5.91 Å². The van der Waals surface area contributed by atoms with E-state index in [1.807, 2.05) is 12.1 Å². The maximum absolute atomic E-state index is 12.6. The lowest BCUT2D eigenvalue weighted by Gasteiger charge is -2.18. The minimum atomic E-state index is -1.21. The van der Waals surface area contributed by atoms with Crippen LogP contribution in [0.2, 0.25) is 0 Å². The molecule has 3 amide bonds. The van der Waals surface area contributed by atoms with Crippen LogP contribution in [-0.4, -0.2) is 24.5 Å². The van der Waals surface area contributed by atoms with Gasteiger partial charge in [0.15, 0.2) is 0 Å². The van der Waals surface area contributed by atoms with Gasteiger partial charge in [-0.05, 0) is 49.4 Å². The van der Waals surface area contributed by atoms with Gasteiger partial charge in [-0.1, -0.05) is 36.4 Å². The molecule has 0 fully saturated rings. The Kier molecular flexibility index (Phi) is 5.86. The number of imide groups is 1. The van der Waals surface area contributed by atoms with Crippen molar-refractivity contribution in [2.45, 2.75) is 32.3 Å². The Morgan fingerprint density at radius 1 is 1.04 bits per heavy atom. The molecule has 0 aliphatic heterocycles. The van der Waals surface area contributed by atoms with Crippen molar-refractivity contribution in [2.75, 3.05) is 6.54 Å². The van der Waals surface area contributed by atoms with Gasteiger partial charge in [0.1, 0.15) is 0 Å². The predicted octanol–water partition coefficient (Wildman–Crippen LogP) is 2.92. The number of carbonyl (C=O) groups is 3. The minimum Gasteiger partial charge on any atom is -0.444 e. The molecule has 0 bridgehead atoms. The number of fused-ring (bicyclic) bond motifs is 1. The van der Waals surface area contributed by atoms with Gasteiger partial charge < -0.3 is 10.1 Å². The molecular formula is C21H22N2O4. The lowest BCUT2D eigenvalue weighted by Crippen LogP contribution is -2.42. The zero-order valence-corrected chi connectivity index (χ0v) is 15.2. The van der Waals surface area contributed by atoms with Crippen LogP contribution in [0.25, 0.3) is 0 Å². The smallest absolute Gasteiger partial charge is 0.339 e. The van der Waals surface area contributed by atoms with Gasteiger partial charge in [-0.2, -0.15) is 0 Å². The second-order valence-corrected chi connectivity index (χ2v) is 6.38. The number of benzene rings is 2. The molecule has 2 N–H and O–H groups in total. The maximum atomic E-state index is 12.6. The van der Waals surface area contributed by atoms with E-state index in [1.165, 1.54) is 5.56 Å². The van der Waals surface area contributed by atoms with E-state index < -0.39 is 24.0 Å². The number of carbonyl (C=O) groups excluding carboxylic acids is 3. The molecule has 6 heteroatoms. The second-order valence-electron chi connectivity index (χ2n) is 6.38. The first-order valence-electron chi connectivity index (χ1n) is 9.05. The summed E-state index contributed by atoms with van der Waals surface area (Å²) in [6.07, 6.45) is 1.83. The van der Waals surface area contributed by atoms with Crippen molar-refractivity contribution >= 4 is 17.9 Å². The number of urea groups is 1. The third-order valence-electron chi connectivity index (χ3n) is 4.47. The van der Waals surface area contributed by atoms with E-state index >= 15 is 0 Å². The van der Waals surface area contributed by atoms with E-state index in [2.05, 4.69) is 10.6 Å². The normalized spacial score (nSPS) is 13.4. The zero-order valence-electron chi connectivity index (χ0n) is 15.2. The van der Waals surface area contributed by atoms with Crippen LogP contribution < -0.4 is 10.6 Å².